The van der Waals surface area contributed by atoms with Gasteiger partial charge in [-0.25, -0.2) is 4.39 Å². The van der Waals surface area contributed by atoms with Gasteiger partial charge in [-0.05, 0) is 34.9 Å². The van der Waals surface area contributed by atoms with E-state index in [-0.39, 0.29) is 0 Å². The molecule has 2 aromatic rings. The third-order valence-corrected chi connectivity index (χ3v) is 2.42. The van der Waals surface area contributed by atoms with E-state index in [0.717, 1.165) is 16.9 Å². The third kappa shape index (κ3) is 2.22. The van der Waals surface area contributed by atoms with E-state index in [9.17, 15) is 4.39 Å². The minimum absolute atomic E-state index is 0.570. The van der Waals surface area contributed by atoms with Crippen molar-refractivity contribution in [3.8, 4) is 16.9 Å². The van der Waals surface area contributed by atoms with Gasteiger partial charge in [-0.3, -0.25) is 0 Å². The summed E-state index contributed by atoms with van der Waals surface area (Å²) in [4.78, 5) is 0. The van der Waals surface area contributed by atoms with Crippen LogP contribution in [0.3, 0.4) is 0 Å². The zero-order chi connectivity index (χ0) is 11.4. The van der Waals surface area contributed by atoms with E-state index in [1.165, 1.54) is 0 Å². The number of methoxy groups -OCH3 is 1. The van der Waals surface area contributed by atoms with Crippen molar-refractivity contribution in [1.82, 2.24) is 0 Å². The van der Waals surface area contributed by atoms with Crippen LogP contribution in [0.5, 0.6) is 5.75 Å². The molecule has 0 aliphatic heterocycles. The molecule has 1 nitrogen and oxygen atoms in total. The maximum absolute atomic E-state index is 12.4. The Morgan fingerprint density at radius 2 is 1.69 bits per heavy atom. The van der Waals surface area contributed by atoms with Gasteiger partial charge in [0.1, 0.15) is 5.75 Å². The molecule has 2 heteroatoms. The SMILES string of the molecule is COc1cccc(-c2cccc([CH]F)c2)c1. The molecule has 0 saturated carbocycles. The van der Waals surface area contributed by atoms with E-state index in [1.54, 1.807) is 19.2 Å². The standard InChI is InChI=1S/C14H12FO/c1-16-14-7-3-6-13(9-14)12-5-2-4-11(8-12)10-15/h2-10H,1H3. The highest BCUT2D eigenvalue weighted by molar-refractivity contribution is 5.66. The molecule has 2 rings (SSSR count). The summed E-state index contributed by atoms with van der Waals surface area (Å²) in [6, 6.07) is 15.0. The predicted octanol–water partition coefficient (Wildman–Crippen LogP) is 3.84. The summed E-state index contributed by atoms with van der Waals surface area (Å²) >= 11 is 0. The summed E-state index contributed by atoms with van der Waals surface area (Å²) in [5.41, 5.74) is 2.56. The van der Waals surface area contributed by atoms with Gasteiger partial charge in [0.25, 0.3) is 0 Å². The summed E-state index contributed by atoms with van der Waals surface area (Å²) in [7, 11) is 1.63. The average molecular weight is 215 g/mol. The van der Waals surface area contributed by atoms with Crippen molar-refractivity contribution in [2.75, 3.05) is 7.11 Å². The van der Waals surface area contributed by atoms with Crippen molar-refractivity contribution >= 4 is 0 Å². The first-order valence-electron chi connectivity index (χ1n) is 5.01. The summed E-state index contributed by atoms with van der Waals surface area (Å²) in [5, 5.41) is 0. The van der Waals surface area contributed by atoms with E-state index in [0.29, 0.717) is 12.2 Å². The first kappa shape index (κ1) is 10.7. The van der Waals surface area contributed by atoms with Gasteiger partial charge in [0, 0.05) is 0 Å². The van der Waals surface area contributed by atoms with Crippen LogP contribution in [-0.4, -0.2) is 7.11 Å². The zero-order valence-corrected chi connectivity index (χ0v) is 8.98. The molecule has 0 aliphatic carbocycles. The second-order valence-electron chi connectivity index (χ2n) is 3.47. The number of hydrogen-bond donors (Lipinski definition) is 0. The molecule has 0 N–H and O–H groups in total. The molecule has 0 spiro atoms. The lowest BCUT2D eigenvalue weighted by Crippen LogP contribution is -1.84. The van der Waals surface area contributed by atoms with Gasteiger partial charge < -0.3 is 4.74 Å². The number of ether oxygens (including phenoxy) is 1. The van der Waals surface area contributed by atoms with E-state index in [2.05, 4.69) is 0 Å². The molecule has 0 aromatic heterocycles. The Morgan fingerprint density at radius 1 is 1.00 bits per heavy atom. The Kier molecular flexibility index (Phi) is 3.20. The van der Waals surface area contributed by atoms with Gasteiger partial charge in [0.2, 0.25) is 0 Å². The van der Waals surface area contributed by atoms with Crippen LogP contribution in [0.2, 0.25) is 0 Å². The van der Waals surface area contributed by atoms with Gasteiger partial charge in [0.15, 0.2) is 6.67 Å². The molecular weight excluding hydrogens is 203 g/mol. The van der Waals surface area contributed by atoms with Crippen LogP contribution in [0, 0.1) is 6.67 Å². The predicted molar refractivity (Wildman–Crippen MR) is 62.9 cm³/mol. The summed E-state index contributed by atoms with van der Waals surface area (Å²) < 4.78 is 17.6. The van der Waals surface area contributed by atoms with Gasteiger partial charge in [-0.15, -0.1) is 0 Å². The third-order valence-electron chi connectivity index (χ3n) is 2.42. The fourth-order valence-electron chi connectivity index (χ4n) is 1.59. The fourth-order valence-corrected chi connectivity index (χ4v) is 1.59. The highest BCUT2D eigenvalue weighted by atomic mass is 19.1. The normalized spacial score (nSPS) is 10.1. The van der Waals surface area contributed by atoms with Crippen molar-refractivity contribution in [2.24, 2.45) is 0 Å². The second-order valence-corrected chi connectivity index (χ2v) is 3.47. The van der Waals surface area contributed by atoms with Crippen molar-refractivity contribution in [1.29, 1.82) is 0 Å². The maximum atomic E-state index is 12.4. The lowest BCUT2D eigenvalue weighted by molar-refractivity contribution is 0.415. The number of benzene rings is 2. The molecule has 16 heavy (non-hydrogen) atoms. The second kappa shape index (κ2) is 4.79. The Morgan fingerprint density at radius 3 is 2.38 bits per heavy atom. The van der Waals surface area contributed by atoms with Gasteiger partial charge >= 0.3 is 0 Å². The fraction of sp³-hybridized carbons (Fsp3) is 0.0714. The van der Waals surface area contributed by atoms with E-state index in [1.807, 2.05) is 36.4 Å². The number of hydrogen-bond acceptors (Lipinski definition) is 1. The van der Waals surface area contributed by atoms with Crippen LogP contribution in [-0.2, 0) is 0 Å². The first-order valence-corrected chi connectivity index (χ1v) is 5.01. The Hall–Kier alpha value is -1.83. The van der Waals surface area contributed by atoms with Crippen molar-refractivity contribution in [3.05, 3.63) is 60.8 Å². The van der Waals surface area contributed by atoms with Crippen LogP contribution in [0.15, 0.2) is 48.5 Å². The molecule has 0 atom stereocenters. The Labute approximate surface area is 94.5 Å². The van der Waals surface area contributed by atoms with E-state index < -0.39 is 0 Å². The van der Waals surface area contributed by atoms with Gasteiger partial charge in [0.05, 0.1) is 7.11 Å². The van der Waals surface area contributed by atoms with Crippen molar-refractivity contribution < 1.29 is 9.13 Å². The van der Waals surface area contributed by atoms with Crippen LogP contribution in [0.4, 0.5) is 4.39 Å². The van der Waals surface area contributed by atoms with Crippen LogP contribution in [0.1, 0.15) is 5.56 Å². The van der Waals surface area contributed by atoms with Gasteiger partial charge in [-0.2, -0.15) is 0 Å². The summed E-state index contributed by atoms with van der Waals surface area (Å²) in [6.07, 6.45) is 0. The van der Waals surface area contributed by atoms with Crippen molar-refractivity contribution in [2.45, 2.75) is 0 Å². The monoisotopic (exact) mass is 215 g/mol. The molecule has 81 valence electrons. The molecular formula is C14H12FO. The highest BCUT2D eigenvalue weighted by Gasteiger charge is 2.00. The van der Waals surface area contributed by atoms with Gasteiger partial charge in [-0.1, -0.05) is 30.3 Å². The molecule has 0 saturated heterocycles. The molecule has 0 fully saturated rings. The molecule has 0 heterocycles. The molecule has 0 bridgehead atoms. The minimum atomic E-state index is 0.570. The van der Waals surface area contributed by atoms with Crippen LogP contribution < -0.4 is 4.74 Å². The molecule has 0 amide bonds. The minimum Gasteiger partial charge on any atom is -0.497 e. The zero-order valence-electron chi connectivity index (χ0n) is 8.98. The number of rotatable bonds is 3. The topological polar surface area (TPSA) is 9.23 Å². The maximum Gasteiger partial charge on any atom is 0.160 e. The highest BCUT2D eigenvalue weighted by Crippen LogP contribution is 2.24. The molecule has 2 aromatic carbocycles. The van der Waals surface area contributed by atoms with Crippen molar-refractivity contribution in [3.63, 3.8) is 0 Å². The average Bonchev–Trinajstić information content (AvgIpc) is 2.39. The first-order chi connectivity index (χ1) is 7.83. The van der Waals surface area contributed by atoms with Crippen LogP contribution in [0.25, 0.3) is 11.1 Å². The molecule has 0 aliphatic rings. The summed E-state index contributed by atoms with van der Waals surface area (Å²) in [6.45, 7) is 0.601. The molecule has 1 radical (unpaired) electrons. The summed E-state index contributed by atoms with van der Waals surface area (Å²) in [5.74, 6) is 0.798. The Balaban J connectivity index is 2.41. The quantitative estimate of drug-likeness (QED) is 0.755. The smallest absolute Gasteiger partial charge is 0.160 e. The largest absolute Gasteiger partial charge is 0.497 e. The van der Waals surface area contributed by atoms with Crippen LogP contribution >= 0.6 is 0 Å². The Bertz CT molecular complexity index is 434. The number of halogens is 1. The van der Waals surface area contributed by atoms with E-state index >= 15 is 0 Å². The lowest BCUT2D eigenvalue weighted by Gasteiger charge is -2.05. The molecule has 0 unspecified atom stereocenters. The lowest BCUT2D eigenvalue weighted by atomic mass is 10.0. The van der Waals surface area contributed by atoms with E-state index in [4.69, 9.17) is 4.74 Å².